The van der Waals surface area contributed by atoms with E-state index in [1.165, 1.54) is 12.1 Å². The number of rotatable bonds is 5. The highest BCUT2D eigenvalue weighted by Gasteiger charge is 2.39. The van der Waals surface area contributed by atoms with Gasteiger partial charge < -0.3 is 5.32 Å². The van der Waals surface area contributed by atoms with Crippen molar-refractivity contribution in [1.29, 1.82) is 0 Å². The molecule has 0 saturated heterocycles. The Morgan fingerprint density at radius 3 is 2.54 bits per heavy atom. The molecule has 0 spiro atoms. The summed E-state index contributed by atoms with van der Waals surface area (Å²) in [6.07, 6.45) is 1.72. The third kappa shape index (κ3) is 3.49. The van der Waals surface area contributed by atoms with Gasteiger partial charge in [0.2, 0.25) is 5.91 Å². The summed E-state index contributed by atoms with van der Waals surface area (Å²) in [5.41, 5.74) is 2.65. The van der Waals surface area contributed by atoms with Crippen molar-refractivity contribution >= 4 is 17.5 Å². The highest BCUT2D eigenvalue weighted by molar-refractivity contribution is 6.11. The van der Waals surface area contributed by atoms with Crippen LogP contribution in [0.15, 0.2) is 72.9 Å². The van der Waals surface area contributed by atoms with Crippen LogP contribution < -0.4 is 10.2 Å². The zero-order chi connectivity index (χ0) is 19.5. The number of hydrogen-bond acceptors (Lipinski definition) is 3. The maximum Gasteiger partial charge on any atom is 0.260 e. The van der Waals surface area contributed by atoms with Gasteiger partial charge in [-0.25, -0.2) is 4.39 Å². The molecule has 0 unspecified atom stereocenters. The van der Waals surface area contributed by atoms with Crippen LogP contribution in [0.2, 0.25) is 0 Å². The lowest BCUT2D eigenvalue weighted by molar-refractivity contribution is -0.121. The van der Waals surface area contributed by atoms with Crippen molar-refractivity contribution in [1.82, 2.24) is 10.3 Å². The molecule has 0 bridgehead atoms. The molecular weight excluding hydrogens is 357 g/mol. The molecule has 2 aromatic carbocycles. The number of pyridine rings is 1. The van der Waals surface area contributed by atoms with E-state index in [1.54, 1.807) is 35.4 Å². The number of halogens is 1. The minimum atomic E-state index is -0.473. The Kier molecular flexibility index (Phi) is 4.85. The molecule has 2 heterocycles. The third-order valence-electron chi connectivity index (χ3n) is 4.73. The van der Waals surface area contributed by atoms with Crippen LogP contribution in [0.25, 0.3) is 0 Å². The molecule has 1 atom stereocenters. The summed E-state index contributed by atoms with van der Waals surface area (Å²) in [5.74, 6) is -0.687. The largest absolute Gasteiger partial charge is 0.352 e. The van der Waals surface area contributed by atoms with Crippen LogP contribution in [-0.4, -0.2) is 16.8 Å². The number of carbonyl (C=O) groups is 2. The fraction of sp³-hybridized carbons (Fsp3) is 0.136. The molecule has 2 amide bonds. The van der Waals surface area contributed by atoms with Crippen molar-refractivity contribution in [3.8, 4) is 0 Å². The van der Waals surface area contributed by atoms with E-state index in [0.29, 0.717) is 17.8 Å². The van der Waals surface area contributed by atoms with Crippen LogP contribution in [0.5, 0.6) is 0 Å². The van der Waals surface area contributed by atoms with Gasteiger partial charge in [-0.2, -0.15) is 0 Å². The maximum absolute atomic E-state index is 13.0. The number of aromatic nitrogens is 1. The number of hydrogen-bond donors (Lipinski definition) is 1. The molecule has 1 aromatic heterocycles. The van der Waals surface area contributed by atoms with E-state index in [0.717, 1.165) is 11.3 Å². The van der Waals surface area contributed by atoms with E-state index in [4.69, 9.17) is 0 Å². The number of fused-ring (bicyclic) bond motifs is 1. The molecule has 1 N–H and O–H groups in total. The SMILES string of the molecule is O=C(C[C@H]1c2ncccc2C(=O)N1c1ccccc1)NCc1ccc(F)cc1. The standard InChI is InChI=1S/C22H18FN3O2/c23-16-10-8-15(9-11-16)14-25-20(27)13-19-21-18(7-4-12-24-21)22(28)26(19)17-5-2-1-3-6-17/h1-12,19H,13-14H2,(H,25,27)/t19-/m0/s1. The maximum atomic E-state index is 13.0. The Morgan fingerprint density at radius 2 is 1.79 bits per heavy atom. The van der Waals surface area contributed by atoms with Crippen LogP contribution >= 0.6 is 0 Å². The minimum Gasteiger partial charge on any atom is -0.352 e. The van der Waals surface area contributed by atoms with Gasteiger partial charge in [0.25, 0.3) is 5.91 Å². The van der Waals surface area contributed by atoms with E-state index in [9.17, 15) is 14.0 Å². The van der Waals surface area contributed by atoms with Crippen LogP contribution in [0.4, 0.5) is 10.1 Å². The topological polar surface area (TPSA) is 62.3 Å². The van der Waals surface area contributed by atoms with Gasteiger partial charge in [0.1, 0.15) is 5.82 Å². The molecule has 1 aliphatic rings. The lowest BCUT2D eigenvalue weighted by Crippen LogP contribution is -2.32. The Hall–Kier alpha value is -3.54. The molecular formula is C22H18FN3O2. The van der Waals surface area contributed by atoms with E-state index in [2.05, 4.69) is 10.3 Å². The molecule has 4 rings (SSSR count). The lowest BCUT2D eigenvalue weighted by Gasteiger charge is -2.24. The summed E-state index contributed by atoms with van der Waals surface area (Å²) in [6.45, 7) is 0.292. The van der Waals surface area contributed by atoms with Crippen LogP contribution in [0.1, 0.15) is 34.1 Å². The van der Waals surface area contributed by atoms with Crippen LogP contribution in [-0.2, 0) is 11.3 Å². The van der Waals surface area contributed by atoms with Gasteiger partial charge in [-0.3, -0.25) is 19.5 Å². The number of amides is 2. The van der Waals surface area contributed by atoms with Gasteiger partial charge in [-0.1, -0.05) is 30.3 Å². The Bertz CT molecular complexity index is 1010. The highest BCUT2D eigenvalue weighted by Crippen LogP contribution is 2.38. The second-order valence-electron chi connectivity index (χ2n) is 6.57. The molecule has 6 heteroatoms. The monoisotopic (exact) mass is 375 g/mol. The van der Waals surface area contributed by atoms with Crippen molar-refractivity contribution in [2.75, 3.05) is 4.90 Å². The zero-order valence-electron chi connectivity index (χ0n) is 15.0. The van der Waals surface area contributed by atoms with Crippen molar-refractivity contribution in [2.45, 2.75) is 19.0 Å². The quantitative estimate of drug-likeness (QED) is 0.741. The molecule has 5 nitrogen and oxygen atoms in total. The molecule has 28 heavy (non-hydrogen) atoms. The summed E-state index contributed by atoms with van der Waals surface area (Å²) in [4.78, 5) is 31.5. The van der Waals surface area contributed by atoms with Crippen molar-refractivity contribution in [2.24, 2.45) is 0 Å². The van der Waals surface area contributed by atoms with Crippen molar-refractivity contribution in [3.05, 3.63) is 95.6 Å². The zero-order valence-corrected chi connectivity index (χ0v) is 15.0. The number of para-hydroxylation sites is 1. The normalized spacial score (nSPS) is 15.4. The summed E-state index contributed by atoms with van der Waals surface area (Å²) < 4.78 is 13.0. The first-order valence-electron chi connectivity index (χ1n) is 8.98. The first-order chi connectivity index (χ1) is 13.6. The average molecular weight is 375 g/mol. The first kappa shape index (κ1) is 17.9. The molecule has 140 valence electrons. The molecule has 3 aromatic rings. The Balaban J connectivity index is 1.54. The smallest absolute Gasteiger partial charge is 0.260 e. The number of carbonyl (C=O) groups excluding carboxylic acids is 2. The number of nitrogens with one attached hydrogen (secondary N) is 1. The van der Waals surface area contributed by atoms with E-state index < -0.39 is 6.04 Å². The van der Waals surface area contributed by atoms with E-state index >= 15 is 0 Å². The first-order valence-corrected chi connectivity index (χ1v) is 8.98. The fourth-order valence-corrected chi connectivity index (χ4v) is 3.38. The Morgan fingerprint density at radius 1 is 1.04 bits per heavy atom. The second-order valence-corrected chi connectivity index (χ2v) is 6.57. The number of nitrogens with zero attached hydrogens (tertiary/aromatic N) is 2. The van der Waals surface area contributed by atoms with Gasteiger partial charge in [0, 0.05) is 18.4 Å². The van der Waals surface area contributed by atoms with Crippen LogP contribution in [0.3, 0.4) is 0 Å². The number of anilines is 1. The van der Waals surface area contributed by atoms with Crippen LogP contribution in [0, 0.1) is 5.82 Å². The van der Waals surface area contributed by atoms with Crippen molar-refractivity contribution in [3.63, 3.8) is 0 Å². The second kappa shape index (κ2) is 7.60. The predicted molar refractivity (Wildman–Crippen MR) is 103 cm³/mol. The summed E-state index contributed by atoms with van der Waals surface area (Å²) in [5, 5.41) is 2.84. The molecule has 0 fully saturated rings. The summed E-state index contributed by atoms with van der Waals surface area (Å²) in [7, 11) is 0. The highest BCUT2D eigenvalue weighted by atomic mass is 19.1. The third-order valence-corrected chi connectivity index (χ3v) is 4.73. The summed E-state index contributed by atoms with van der Waals surface area (Å²) >= 11 is 0. The molecule has 0 saturated carbocycles. The molecule has 0 aliphatic carbocycles. The molecule has 1 aliphatic heterocycles. The fourth-order valence-electron chi connectivity index (χ4n) is 3.38. The molecule has 0 radical (unpaired) electrons. The minimum absolute atomic E-state index is 0.0891. The van der Waals surface area contributed by atoms with Gasteiger partial charge in [-0.15, -0.1) is 0 Å². The van der Waals surface area contributed by atoms with Gasteiger partial charge in [0.05, 0.1) is 23.7 Å². The average Bonchev–Trinajstić information content (AvgIpc) is 3.00. The van der Waals surface area contributed by atoms with Gasteiger partial charge in [0.15, 0.2) is 0 Å². The van der Waals surface area contributed by atoms with Gasteiger partial charge in [-0.05, 0) is 42.0 Å². The predicted octanol–water partition coefficient (Wildman–Crippen LogP) is 3.63. The lowest BCUT2D eigenvalue weighted by atomic mass is 10.1. The van der Waals surface area contributed by atoms with E-state index in [1.807, 2.05) is 30.3 Å². The Labute approximate surface area is 161 Å². The number of benzene rings is 2. The van der Waals surface area contributed by atoms with Crippen molar-refractivity contribution < 1.29 is 14.0 Å². The van der Waals surface area contributed by atoms with Gasteiger partial charge >= 0.3 is 0 Å². The summed E-state index contributed by atoms with van der Waals surface area (Å²) in [6, 6.07) is 18.2. The van der Waals surface area contributed by atoms with E-state index in [-0.39, 0.29) is 24.1 Å².